The van der Waals surface area contributed by atoms with Gasteiger partial charge in [-0.3, -0.25) is 0 Å². The lowest BCUT2D eigenvalue weighted by Gasteiger charge is -2.09. The first-order valence-corrected chi connectivity index (χ1v) is 4.43. The molecule has 1 fully saturated rings. The molecule has 0 aromatic carbocycles. The molecule has 1 aliphatic rings. The predicted octanol–water partition coefficient (Wildman–Crippen LogP) is 1.40. The molecule has 0 unspecified atom stereocenters. The van der Waals surface area contributed by atoms with Crippen molar-refractivity contribution >= 4 is 5.82 Å². The number of hydrogen-bond donors (Lipinski definition) is 1. The fourth-order valence-electron chi connectivity index (χ4n) is 1.41. The summed E-state index contributed by atoms with van der Waals surface area (Å²) < 4.78 is 5.28. The van der Waals surface area contributed by atoms with Gasteiger partial charge in [0.1, 0.15) is 6.33 Å². The van der Waals surface area contributed by atoms with E-state index >= 15 is 0 Å². The Bertz CT molecular complexity index is 310. The Balaban J connectivity index is 2.41. The first-order chi connectivity index (χ1) is 6.36. The molecule has 0 atom stereocenters. The lowest BCUT2D eigenvalue weighted by molar-refractivity contribution is 0.407. The molecule has 1 aliphatic carbocycles. The van der Waals surface area contributed by atoms with Gasteiger partial charge in [-0.25, -0.2) is 9.97 Å². The Hall–Kier alpha value is -1.32. The summed E-state index contributed by atoms with van der Waals surface area (Å²) in [5, 5.41) is 2.99. The second-order valence-electron chi connectivity index (χ2n) is 3.17. The minimum atomic E-state index is 0.588. The summed E-state index contributed by atoms with van der Waals surface area (Å²) in [6, 6.07) is 0. The van der Waals surface area contributed by atoms with Crippen molar-refractivity contribution in [2.24, 2.45) is 0 Å². The molecule has 1 heterocycles. The average Bonchev–Trinajstić information content (AvgIpc) is 2.99. The normalized spacial score (nSPS) is 15.5. The van der Waals surface area contributed by atoms with Crippen molar-refractivity contribution in [2.75, 3.05) is 19.5 Å². The summed E-state index contributed by atoms with van der Waals surface area (Å²) in [7, 11) is 3.49. The quantitative estimate of drug-likeness (QED) is 0.762. The molecule has 4 heteroatoms. The highest BCUT2D eigenvalue weighted by Gasteiger charge is 2.29. The van der Waals surface area contributed by atoms with Gasteiger partial charge < -0.3 is 10.1 Å². The molecule has 1 aromatic rings. The van der Waals surface area contributed by atoms with Crippen molar-refractivity contribution in [3.63, 3.8) is 0 Å². The Kier molecular flexibility index (Phi) is 2.04. The monoisotopic (exact) mass is 179 g/mol. The molecule has 0 bridgehead atoms. The van der Waals surface area contributed by atoms with Crippen LogP contribution in [0.5, 0.6) is 5.75 Å². The third kappa shape index (κ3) is 1.43. The summed E-state index contributed by atoms with van der Waals surface area (Å²) in [4.78, 5) is 8.34. The lowest BCUT2D eigenvalue weighted by atomic mass is 10.2. The Labute approximate surface area is 77.4 Å². The maximum atomic E-state index is 5.28. The van der Waals surface area contributed by atoms with Crippen LogP contribution in [0.15, 0.2) is 6.33 Å². The van der Waals surface area contributed by atoms with Crippen molar-refractivity contribution in [3.05, 3.63) is 12.0 Å². The van der Waals surface area contributed by atoms with Crippen LogP contribution in [0.4, 0.5) is 5.82 Å². The van der Waals surface area contributed by atoms with Crippen LogP contribution in [0.1, 0.15) is 24.5 Å². The van der Waals surface area contributed by atoms with Gasteiger partial charge in [0.25, 0.3) is 0 Å². The first-order valence-electron chi connectivity index (χ1n) is 4.43. The number of ether oxygens (including phenoxy) is 1. The van der Waals surface area contributed by atoms with Gasteiger partial charge in [-0.05, 0) is 12.8 Å². The molecular formula is C9H13N3O. The number of aromatic nitrogens is 2. The van der Waals surface area contributed by atoms with Crippen LogP contribution in [-0.2, 0) is 0 Å². The van der Waals surface area contributed by atoms with E-state index in [1.807, 2.05) is 7.05 Å². The Morgan fingerprint density at radius 2 is 2.23 bits per heavy atom. The summed E-state index contributed by atoms with van der Waals surface area (Å²) in [5.74, 6) is 2.16. The van der Waals surface area contributed by atoms with Gasteiger partial charge in [-0.2, -0.15) is 0 Å². The molecule has 1 saturated carbocycles. The number of hydrogen-bond acceptors (Lipinski definition) is 4. The molecule has 2 rings (SSSR count). The summed E-state index contributed by atoms with van der Waals surface area (Å²) in [5.41, 5.74) is 1.04. The smallest absolute Gasteiger partial charge is 0.183 e. The highest BCUT2D eigenvalue weighted by molar-refractivity contribution is 5.53. The average molecular weight is 179 g/mol. The SMILES string of the molecule is CNc1ncnc(C2CC2)c1OC. The lowest BCUT2D eigenvalue weighted by Crippen LogP contribution is -2.01. The second kappa shape index (κ2) is 3.20. The molecule has 1 N–H and O–H groups in total. The first kappa shape index (κ1) is 8.29. The standard InChI is InChI=1S/C9H13N3O/c1-10-9-8(13-2)7(6-3-4-6)11-5-12-9/h5-6H,3-4H2,1-2H3,(H,10,11,12). The van der Waals surface area contributed by atoms with E-state index in [0.29, 0.717) is 5.92 Å². The number of rotatable bonds is 3. The zero-order valence-electron chi connectivity index (χ0n) is 7.87. The fourth-order valence-corrected chi connectivity index (χ4v) is 1.41. The minimum Gasteiger partial charge on any atom is -0.491 e. The van der Waals surface area contributed by atoms with Gasteiger partial charge >= 0.3 is 0 Å². The number of nitrogens with one attached hydrogen (secondary N) is 1. The highest BCUT2D eigenvalue weighted by atomic mass is 16.5. The van der Waals surface area contributed by atoms with Crippen molar-refractivity contribution < 1.29 is 4.74 Å². The third-order valence-electron chi connectivity index (χ3n) is 2.24. The van der Waals surface area contributed by atoms with Gasteiger partial charge in [0.15, 0.2) is 11.6 Å². The van der Waals surface area contributed by atoms with E-state index in [2.05, 4.69) is 15.3 Å². The van der Waals surface area contributed by atoms with E-state index in [9.17, 15) is 0 Å². The number of nitrogens with zero attached hydrogens (tertiary/aromatic N) is 2. The maximum Gasteiger partial charge on any atom is 0.183 e. The predicted molar refractivity (Wildman–Crippen MR) is 50.1 cm³/mol. The van der Waals surface area contributed by atoms with E-state index in [1.54, 1.807) is 13.4 Å². The largest absolute Gasteiger partial charge is 0.491 e. The van der Waals surface area contributed by atoms with Crippen molar-refractivity contribution in [1.29, 1.82) is 0 Å². The van der Waals surface area contributed by atoms with Crippen LogP contribution in [0.2, 0.25) is 0 Å². The van der Waals surface area contributed by atoms with E-state index in [0.717, 1.165) is 17.3 Å². The van der Waals surface area contributed by atoms with Crippen molar-refractivity contribution in [3.8, 4) is 5.75 Å². The molecule has 13 heavy (non-hydrogen) atoms. The Morgan fingerprint density at radius 1 is 1.46 bits per heavy atom. The van der Waals surface area contributed by atoms with Gasteiger partial charge in [-0.15, -0.1) is 0 Å². The van der Waals surface area contributed by atoms with E-state index < -0.39 is 0 Å². The number of anilines is 1. The fraction of sp³-hybridized carbons (Fsp3) is 0.556. The van der Waals surface area contributed by atoms with Gasteiger partial charge in [-0.1, -0.05) is 0 Å². The molecule has 0 aliphatic heterocycles. The zero-order chi connectivity index (χ0) is 9.26. The van der Waals surface area contributed by atoms with Crippen LogP contribution in [-0.4, -0.2) is 24.1 Å². The van der Waals surface area contributed by atoms with Gasteiger partial charge in [0.2, 0.25) is 0 Å². The van der Waals surface area contributed by atoms with Crippen molar-refractivity contribution in [2.45, 2.75) is 18.8 Å². The van der Waals surface area contributed by atoms with Gasteiger partial charge in [0, 0.05) is 13.0 Å². The molecule has 70 valence electrons. The summed E-state index contributed by atoms with van der Waals surface area (Å²) in [6.45, 7) is 0. The summed E-state index contributed by atoms with van der Waals surface area (Å²) >= 11 is 0. The van der Waals surface area contributed by atoms with Crippen LogP contribution < -0.4 is 10.1 Å². The van der Waals surface area contributed by atoms with E-state index in [-0.39, 0.29) is 0 Å². The summed E-state index contributed by atoms with van der Waals surface area (Å²) in [6.07, 6.45) is 4.02. The maximum absolute atomic E-state index is 5.28. The molecule has 0 radical (unpaired) electrons. The van der Waals surface area contributed by atoms with Crippen LogP contribution in [0.25, 0.3) is 0 Å². The number of methoxy groups -OCH3 is 1. The van der Waals surface area contributed by atoms with Crippen molar-refractivity contribution in [1.82, 2.24) is 9.97 Å². The highest BCUT2D eigenvalue weighted by Crippen LogP contribution is 2.44. The van der Waals surface area contributed by atoms with E-state index in [4.69, 9.17) is 4.74 Å². The van der Waals surface area contributed by atoms with Crippen LogP contribution in [0.3, 0.4) is 0 Å². The molecule has 0 amide bonds. The zero-order valence-corrected chi connectivity index (χ0v) is 7.87. The van der Waals surface area contributed by atoms with E-state index in [1.165, 1.54) is 12.8 Å². The molecular weight excluding hydrogens is 166 g/mol. The Morgan fingerprint density at radius 3 is 2.77 bits per heavy atom. The molecule has 1 aromatic heterocycles. The molecule has 4 nitrogen and oxygen atoms in total. The third-order valence-corrected chi connectivity index (χ3v) is 2.24. The molecule has 0 saturated heterocycles. The topological polar surface area (TPSA) is 47.0 Å². The van der Waals surface area contributed by atoms with Gasteiger partial charge in [0.05, 0.1) is 12.8 Å². The van der Waals surface area contributed by atoms with Crippen LogP contribution >= 0.6 is 0 Å². The van der Waals surface area contributed by atoms with Crippen LogP contribution in [0, 0.1) is 0 Å². The second-order valence-corrected chi connectivity index (χ2v) is 3.17. The molecule has 0 spiro atoms. The minimum absolute atomic E-state index is 0.588.